The number of para-hydroxylation sites is 1. The van der Waals surface area contributed by atoms with Gasteiger partial charge in [0.1, 0.15) is 16.9 Å². The predicted molar refractivity (Wildman–Crippen MR) is 88.6 cm³/mol. The van der Waals surface area contributed by atoms with Gasteiger partial charge in [0.25, 0.3) is 5.91 Å². The molecule has 1 amide bonds. The molecule has 25 heavy (non-hydrogen) atoms. The fraction of sp³-hybridized carbons (Fsp3) is 0.389. The van der Waals surface area contributed by atoms with Gasteiger partial charge >= 0.3 is 5.97 Å². The molecule has 1 aromatic carbocycles. The maximum atomic E-state index is 12.9. The third-order valence-corrected chi connectivity index (χ3v) is 5.20. The molecule has 2 fully saturated rings. The van der Waals surface area contributed by atoms with Crippen molar-refractivity contribution in [1.82, 2.24) is 9.88 Å². The highest BCUT2D eigenvalue weighted by Gasteiger charge is 2.57. The number of hydrogen-bond acceptors (Lipinski definition) is 5. The molecule has 2 saturated heterocycles. The Morgan fingerprint density at radius 2 is 2.20 bits per heavy atom. The normalized spacial score (nSPS) is 25.2. The number of carboxylic acid groups (broad SMARTS) is 1. The number of ether oxygens (including phenoxy) is 2. The molecule has 2 atom stereocenters. The van der Waals surface area contributed by atoms with Crippen LogP contribution in [0.4, 0.5) is 0 Å². The number of pyridine rings is 1. The molecule has 130 valence electrons. The number of benzene rings is 1. The Kier molecular flexibility index (Phi) is 3.61. The summed E-state index contributed by atoms with van der Waals surface area (Å²) in [6, 6.07) is 9.04. The van der Waals surface area contributed by atoms with Gasteiger partial charge in [-0.25, -0.2) is 4.98 Å². The molecule has 2 aromatic rings. The van der Waals surface area contributed by atoms with Gasteiger partial charge in [0.05, 0.1) is 25.8 Å². The van der Waals surface area contributed by atoms with Crippen LogP contribution in [0.15, 0.2) is 30.3 Å². The molecule has 0 radical (unpaired) electrons. The van der Waals surface area contributed by atoms with Crippen LogP contribution >= 0.6 is 0 Å². The van der Waals surface area contributed by atoms with Crippen molar-refractivity contribution in [3.8, 4) is 5.75 Å². The number of carbonyl (C=O) groups is 2. The first-order chi connectivity index (χ1) is 12.0. The van der Waals surface area contributed by atoms with Crippen LogP contribution in [-0.4, -0.2) is 60.3 Å². The molecule has 0 unspecified atom stereocenters. The second kappa shape index (κ2) is 5.70. The molecule has 1 N–H and O–H groups in total. The van der Waals surface area contributed by atoms with Crippen molar-refractivity contribution in [3.05, 3.63) is 36.0 Å². The highest BCUT2D eigenvalue weighted by molar-refractivity contribution is 5.97. The number of aliphatic carboxylic acids is 1. The number of likely N-dealkylation sites (tertiary alicyclic amines) is 1. The lowest BCUT2D eigenvalue weighted by Gasteiger charge is -2.22. The SMILES string of the molecule is COc1cc(C(=O)N2C[C@@H]3COC[C@]3(C(=O)O)C2)nc2ccccc12. The van der Waals surface area contributed by atoms with Crippen LogP contribution in [-0.2, 0) is 9.53 Å². The summed E-state index contributed by atoms with van der Waals surface area (Å²) in [7, 11) is 1.55. The highest BCUT2D eigenvalue weighted by Crippen LogP contribution is 2.42. The molecule has 0 spiro atoms. The van der Waals surface area contributed by atoms with Crippen LogP contribution in [0.1, 0.15) is 10.5 Å². The van der Waals surface area contributed by atoms with E-state index in [0.29, 0.717) is 24.4 Å². The fourth-order valence-electron chi connectivity index (χ4n) is 3.78. The highest BCUT2D eigenvalue weighted by atomic mass is 16.5. The number of methoxy groups -OCH3 is 1. The molecule has 2 aliphatic rings. The van der Waals surface area contributed by atoms with Crippen LogP contribution in [0.5, 0.6) is 5.75 Å². The van der Waals surface area contributed by atoms with Crippen molar-refractivity contribution in [2.24, 2.45) is 11.3 Å². The van der Waals surface area contributed by atoms with Gasteiger partial charge in [-0.1, -0.05) is 12.1 Å². The zero-order valence-corrected chi connectivity index (χ0v) is 13.8. The van der Waals surface area contributed by atoms with Gasteiger partial charge in [0.2, 0.25) is 0 Å². The topological polar surface area (TPSA) is 89.0 Å². The minimum Gasteiger partial charge on any atom is -0.496 e. The lowest BCUT2D eigenvalue weighted by Crippen LogP contribution is -2.40. The summed E-state index contributed by atoms with van der Waals surface area (Å²) in [6.45, 7) is 1.01. The molecule has 3 heterocycles. The molecule has 1 aromatic heterocycles. The number of rotatable bonds is 3. The Labute approximate surface area is 144 Å². The van der Waals surface area contributed by atoms with E-state index in [1.165, 1.54) is 0 Å². The van der Waals surface area contributed by atoms with Crippen molar-refractivity contribution in [2.75, 3.05) is 33.4 Å². The summed E-state index contributed by atoms with van der Waals surface area (Å²) < 4.78 is 10.7. The minimum absolute atomic E-state index is 0.142. The van der Waals surface area contributed by atoms with E-state index in [-0.39, 0.29) is 30.7 Å². The summed E-state index contributed by atoms with van der Waals surface area (Å²) in [6.07, 6.45) is 0. The summed E-state index contributed by atoms with van der Waals surface area (Å²) in [5.74, 6) is -0.797. The molecule has 2 aliphatic heterocycles. The van der Waals surface area contributed by atoms with E-state index in [0.717, 1.165) is 5.39 Å². The molecular weight excluding hydrogens is 324 g/mol. The van der Waals surface area contributed by atoms with Gasteiger partial charge in [0.15, 0.2) is 0 Å². The van der Waals surface area contributed by atoms with Gasteiger partial charge in [-0.2, -0.15) is 0 Å². The van der Waals surface area contributed by atoms with Crippen molar-refractivity contribution in [3.63, 3.8) is 0 Å². The Morgan fingerprint density at radius 3 is 2.92 bits per heavy atom. The van der Waals surface area contributed by atoms with E-state index in [1.807, 2.05) is 24.3 Å². The Morgan fingerprint density at radius 1 is 1.40 bits per heavy atom. The zero-order chi connectivity index (χ0) is 17.6. The number of fused-ring (bicyclic) bond motifs is 2. The molecule has 7 heteroatoms. The standard InChI is InChI=1S/C18H18N2O5/c1-24-15-6-14(19-13-5-3-2-4-12(13)15)16(21)20-7-11-8-25-10-18(11,9-20)17(22)23/h2-6,11H,7-10H2,1H3,(H,22,23)/t11-,18-/m1/s1. The summed E-state index contributed by atoms with van der Waals surface area (Å²) in [5.41, 5.74) is -0.0748. The fourth-order valence-corrected chi connectivity index (χ4v) is 3.78. The predicted octanol–water partition coefficient (Wildman–Crippen LogP) is 1.42. The molecule has 0 aliphatic carbocycles. The molecular formula is C18H18N2O5. The quantitative estimate of drug-likeness (QED) is 0.907. The summed E-state index contributed by atoms with van der Waals surface area (Å²) in [5, 5.41) is 10.4. The smallest absolute Gasteiger partial charge is 0.314 e. The third-order valence-electron chi connectivity index (χ3n) is 5.20. The second-order valence-corrected chi connectivity index (χ2v) is 6.59. The maximum Gasteiger partial charge on any atom is 0.314 e. The van der Waals surface area contributed by atoms with Crippen LogP contribution in [0, 0.1) is 11.3 Å². The van der Waals surface area contributed by atoms with E-state index < -0.39 is 11.4 Å². The lowest BCUT2D eigenvalue weighted by molar-refractivity contribution is -0.149. The van der Waals surface area contributed by atoms with Crippen LogP contribution in [0.2, 0.25) is 0 Å². The first-order valence-corrected chi connectivity index (χ1v) is 8.09. The first-order valence-electron chi connectivity index (χ1n) is 8.09. The molecule has 0 bridgehead atoms. The van der Waals surface area contributed by atoms with E-state index in [9.17, 15) is 14.7 Å². The van der Waals surface area contributed by atoms with Crippen molar-refractivity contribution in [1.29, 1.82) is 0 Å². The summed E-state index contributed by atoms with van der Waals surface area (Å²) >= 11 is 0. The van der Waals surface area contributed by atoms with Crippen molar-refractivity contribution in [2.45, 2.75) is 0 Å². The average Bonchev–Trinajstić information content (AvgIpc) is 3.18. The number of hydrogen-bond donors (Lipinski definition) is 1. The zero-order valence-electron chi connectivity index (χ0n) is 13.8. The Bertz CT molecular complexity index is 868. The third kappa shape index (κ3) is 2.34. The number of carboxylic acids is 1. The Hall–Kier alpha value is -2.67. The van der Waals surface area contributed by atoms with E-state index in [4.69, 9.17) is 9.47 Å². The lowest BCUT2D eigenvalue weighted by atomic mass is 9.81. The van der Waals surface area contributed by atoms with Crippen LogP contribution in [0.25, 0.3) is 10.9 Å². The van der Waals surface area contributed by atoms with Gasteiger partial charge in [-0.15, -0.1) is 0 Å². The van der Waals surface area contributed by atoms with Gasteiger partial charge in [-0.05, 0) is 12.1 Å². The van der Waals surface area contributed by atoms with E-state index >= 15 is 0 Å². The average molecular weight is 342 g/mol. The van der Waals surface area contributed by atoms with Crippen molar-refractivity contribution < 1.29 is 24.2 Å². The minimum atomic E-state index is -1.00. The largest absolute Gasteiger partial charge is 0.496 e. The monoisotopic (exact) mass is 342 g/mol. The van der Waals surface area contributed by atoms with Gasteiger partial charge < -0.3 is 19.5 Å². The molecule has 0 saturated carbocycles. The van der Waals surface area contributed by atoms with Crippen molar-refractivity contribution >= 4 is 22.8 Å². The summed E-state index contributed by atoms with van der Waals surface area (Å²) in [4.78, 5) is 30.7. The van der Waals surface area contributed by atoms with Gasteiger partial charge in [-0.3, -0.25) is 9.59 Å². The maximum absolute atomic E-state index is 12.9. The number of amides is 1. The number of nitrogens with zero attached hydrogens (tertiary/aromatic N) is 2. The van der Waals surface area contributed by atoms with Crippen LogP contribution in [0.3, 0.4) is 0 Å². The van der Waals surface area contributed by atoms with Gasteiger partial charge in [0, 0.05) is 30.5 Å². The number of carbonyl (C=O) groups excluding carboxylic acids is 1. The number of aromatic nitrogens is 1. The second-order valence-electron chi connectivity index (χ2n) is 6.59. The van der Waals surface area contributed by atoms with E-state index in [1.54, 1.807) is 18.1 Å². The Balaban J connectivity index is 1.68. The first kappa shape index (κ1) is 15.8. The van der Waals surface area contributed by atoms with Crippen LogP contribution < -0.4 is 4.74 Å². The molecule has 7 nitrogen and oxygen atoms in total. The molecule has 4 rings (SSSR count). The van der Waals surface area contributed by atoms with E-state index in [2.05, 4.69) is 4.98 Å².